The molecule has 0 fully saturated rings. The van der Waals surface area contributed by atoms with Gasteiger partial charge in [-0.2, -0.15) is 0 Å². The van der Waals surface area contributed by atoms with Crippen LogP contribution in [0.5, 0.6) is 5.88 Å². The fourth-order valence-electron chi connectivity index (χ4n) is 3.15. The van der Waals surface area contributed by atoms with Gasteiger partial charge >= 0.3 is 0 Å². The fourth-order valence-corrected chi connectivity index (χ4v) is 3.15. The van der Waals surface area contributed by atoms with Crippen molar-refractivity contribution in [1.82, 2.24) is 20.6 Å². The molecule has 3 rings (SSSR count). The molecule has 0 saturated heterocycles. The Bertz CT molecular complexity index is 956. The minimum atomic E-state index is 0. The molecule has 8 heteroatoms. The number of halogens is 1. The zero-order valence-electron chi connectivity index (χ0n) is 18.4. The van der Waals surface area contributed by atoms with Crippen molar-refractivity contribution in [3.05, 3.63) is 59.4 Å². The Balaban J connectivity index is 0.00000341. The van der Waals surface area contributed by atoms with E-state index in [4.69, 9.17) is 9.47 Å². The molecule has 2 aromatic heterocycles. The smallest absolute Gasteiger partial charge is 0.213 e. The van der Waals surface area contributed by atoms with Gasteiger partial charge in [0.2, 0.25) is 5.88 Å². The van der Waals surface area contributed by atoms with E-state index < -0.39 is 0 Å². The van der Waals surface area contributed by atoms with Crippen LogP contribution in [0.4, 0.5) is 0 Å². The van der Waals surface area contributed by atoms with Crippen molar-refractivity contribution in [3.8, 4) is 5.88 Å². The van der Waals surface area contributed by atoms with E-state index in [9.17, 15) is 0 Å². The zero-order chi connectivity index (χ0) is 21.2. The van der Waals surface area contributed by atoms with Crippen molar-refractivity contribution >= 4 is 40.8 Å². The standard InChI is InChI=1S/C23H31N5O2.HI/c1-4-24-23(28-15-18-6-8-22(27-14-18)30-12-11-29-3)25-10-9-19-16-26-21-13-17(2)5-7-20(19)21;/h5-8,13-14,16,26H,4,9-12,15H2,1-3H3,(H2,24,25,28);1H. The van der Waals surface area contributed by atoms with Crippen molar-refractivity contribution in [2.24, 2.45) is 4.99 Å². The third-order valence-electron chi connectivity index (χ3n) is 4.71. The SMILES string of the molecule is CCNC(=NCc1ccc(OCCOC)nc1)NCCc1c[nH]c2cc(C)ccc12.I. The fraction of sp³-hybridized carbons (Fsp3) is 0.391. The number of hydrogen-bond acceptors (Lipinski definition) is 4. The van der Waals surface area contributed by atoms with Gasteiger partial charge in [-0.1, -0.05) is 18.2 Å². The first-order valence-electron chi connectivity index (χ1n) is 10.3. The van der Waals surface area contributed by atoms with Gasteiger partial charge in [-0.05, 0) is 43.0 Å². The number of aryl methyl sites for hydroxylation is 1. The molecule has 0 amide bonds. The predicted octanol–water partition coefficient (Wildman–Crippen LogP) is 3.81. The molecule has 7 nitrogen and oxygen atoms in total. The molecule has 3 aromatic rings. The summed E-state index contributed by atoms with van der Waals surface area (Å²) in [6.07, 6.45) is 4.81. The normalized spacial score (nSPS) is 11.3. The zero-order valence-corrected chi connectivity index (χ0v) is 20.7. The lowest BCUT2D eigenvalue weighted by atomic mass is 10.1. The van der Waals surface area contributed by atoms with Gasteiger partial charge < -0.3 is 25.1 Å². The van der Waals surface area contributed by atoms with Gasteiger partial charge in [0.25, 0.3) is 0 Å². The second-order valence-electron chi connectivity index (χ2n) is 7.08. The maximum atomic E-state index is 5.49. The lowest BCUT2D eigenvalue weighted by Crippen LogP contribution is -2.38. The van der Waals surface area contributed by atoms with Gasteiger partial charge in [-0.3, -0.25) is 0 Å². The van der Waals surface area contributed by atoms with Crippen LogP contribution in [0.1, 0.15) is 23.6 Å². The number of nitrogens with one attached hydrogen (secondary N) is 3. The Morgan fingerprint density at radius 1 is 1.16 bits per heavy atom. The molecule has 1 aromatic carbocycles. The van der Waals surface area contributed by atoms with E-state index in [0.29, 0.717) is 25.6 Å². The Morgan fingerprint density at radius 2 is 2.03 bits per heavy atom. The first-order valence-corrected chi connectivity index (χ1v) is 10.3. The van der Waals surface area contributed by atoms with Crippen LogP contribution in [-0.4, -0.2) is 49.3 Å². The summed E-state index contributed by atoms with van der Waals surface area (Å²) in [4.78, 5) is 12.3. The molecule has 0 aliphatic carbocycles. The van der Waals surface area contributed by atoms with Gasteiger partial charge in [-0.25, -0.2) is 9.98 Å². The summed E-state index contributed by atoms with van der Waals surface area (Å²) >= 11 is 0. The molecule has 0 spiro atoms. The number of aliphatic imine (C=N–C) groups is 1. The van der Waals surface area contributed by atoms with E-state index in [2.05, 4.69) is 63.8 Å². The van der Waals surface area contributed by atoms with E-state index in [1.54, 1.807) is 13.3 Å². The summed E-state index contributed by atoms with van der Waals surface area (Å²) in [6, 6.07) is 10.4. The Kier molecular flexibility index (Phi) is 10.6. The van der Waals surface area contributed by atoms with Gasteiger partial charge in [0.1, 0.15) is 6.61 Å². The van der Waals surface area contributed by atoms with Crippen LogP contribution in [0.3, 0.4) is 0 Å². The van der Waals surface area contributed by atoms with Crippen LogP contribution < -0.4 is 15.4 Å². The van der Waals surface area contributed by atoms with Crippen LogP contribution >= 0.6 is 24.0 Å². The van der Waals surface area contributed by atoms with Crippen molar-refractivity contribution in [2.75, 3.05) is 33.4 Å². The maximum absolute atomic E-state index is 5.49. The summed E-state index contributed by atoms with van der Waals surface area (Å²) in [5.41, 5.74) is 4.78. The number of benzene rings is 1. The van der Waals surface area contributed by atoms with Crippen LogP contribution in [0.15, 0.2) is 47.7 Å². The van der Waals surface area contributed by atoms with Crippen LogP contribution in [0.25, 0.3) is 10.9 Å². The molecule has 0 atom stereocenters. The minimum Gasteiger partial charge on any atom is -0.475 e. The number of H-pyrrole nitrogens is 1. The number of fused-ring (bicyclic) bond motifs is 1. The minimum absolute atomic E-state index is 0. The highest BCUT2D eigenvalue weighted by molar-refractivity contribution is 14.0. The summed E-state index contributed by atoms with van der Waals surface area (Å²) in [6.45, 7) is 7.37. The lowest BCUT2D eigenvalue weighted by molar-refractivity contribution is 0.143. The monoisotopic (exact) mass is 537 g/mol. The second kappa shape index (κ2) is 13.2. The Labute approximate surface area is 201 Å². The summed E-state index contributed by atoms with van der Waals surface area (Å²) in [5, 5.41) is 7.99. The lowest BCUT2D eigenvalue weighted by Gasteiger charge is -2.11. The molecule has 2 heterocycles. The second-order valence-corrected chi connectivity index (χ2v) is 7.08. The largest absolute Gasteiger partial charge is 0.475 e. The molecule has 0 bridgehead atoms. The molecular formula is C23H32IN5O2. The molecule has 0 aliphatic heterocycles. The van der Waals surface area contributed by atoms with E-state index in [1.807, 2.05) is 12.1 Å². The summed E-state index contributed by atoms with van der Waals surface area (Å²) in [5.74, 6) is 1.40. The number of pyridine rings is 1. The average Bonchev–Trinajstić information content (AvgIpc) is 3.15. The number of ether oxygens (including phenoxy) is 2. The number of aromatic nitrogens is 2. The number of rotatable bonds is 10. The quantitative estimate of drug-likeness (QED) is 0.159. The highest BCUT2D eigenvalue weighted by Crippen LogP contribution is 2.19. The Hall–Kier alpha value is -2.33. The third kappa shape index (κ3) is 7.70. The van der Waals surface area contributed by atoms with Crippen molar-refractivity contribution < 1.29 is 9.47 Å². The van der Waals surface area contributed by atoms with Gasteiger partial charge in [0, 0.05) is 49.6 Å². The average molecular weight is 537 g/mol. The van der Waals surface area contributed by atoms with Crippen molar-refractivity contribution in [2.45, 2.75) is 26.8 Å². The number of guanidine groups is 1. The van der Waals surface area contributed by atoms with Crippen LogP contribution in [-0.2, 0) is 17.7 Å². The van der Waals surface area contributed by atoms with E-state index in [1.165, 1.54) is 22.0 Å². The third-order valence-corrected chi connectivity index (χ3v) is 4.71. The number of aromatic amines is 1. The van der Waals surface area contributed by atoms with Crippen LogP contribution in [0.2, 0.25) is 0 Å². The van der Waals surface area contributed by atoms with E-state index in [0.717, 1.165) is 31.0 Å². The van der Waals surface area contributed by atoms with Crippen LogP contribution in [0, 0.1) is 6.92 Å². The first kappa shape index (κ1) is 24.9. The molecule has 0 unspecified atom stereocenters. The molecule has 0 aliphatic rings. The number of nitrogens with zero attached hydrogens (tertiary/aromatic N) is 2. The van der Waals surface area contributed by atoms with Gasteiger partial charge in [-0.15, -0.1) is 24.0 Å². The van der Waals surface area contributed by atoms with Gasteiger partial charge in [0.05, 0.1) is 13.2 Å². The van der Waals surface area contributed by atoms with E-state index >= 15 is 0 Å². The van der Waals surface area contributed by atoms with Crippen molar-refractivity contribution in [3.63, 3.8) is 0 Å². The number of hydrogen-bond donors (Lipinski definition) is 3. The molecule has 3 N–H and O–H groups in total. The highest BCUT2D eigenvalue weighted by atomic mass is 127. The summed E-state index contributed by atoms with van der Waals surface area (Å²) < 4.78 is 10.5. The predicted molar refractivity (Wildman–Crippen MR) is 137 cm³/mol. The first-order chi connectivity index (χ1) is 14.7. The molecule has 31 heavy (non-hydrogen) atoms. The van der Waals surface area contributed by atoms with Gasteiger partial charge in [0.15, 0.2) is 5.96 Å². The molecule has 168 valence electrons. The molecule has 0 saturated carbocycles. The van der Waals surface area contributed by atoms with E-state index in [-0.39, 0.29) is 24.0 Å². The molecule has 0 radical (unpaired) electrons. The topological polar surface area (TPSA) is 83.6 Å². The summed E-state index contributed by atoms with van der Waals surface area (Å²) in [7, 11) is 1.65. The maximum Gasteiger partial charge on any atom is 0.213 e. The molecular weight excluding hydrogens is 505 g/mol. The highest BCUT2D eigenvalue weighted by Gasteiger charge is 2.05. The number of methoxy groups -OCH3 is 1. The van der Waals surface area contributed by atoms with Crippen molar-refractivity contribution in [1.29, 1.82) is 0 Å². The Morgan fingerprint density at radius 3 is 2.77 bits per heavy atom.